The van der Waals surface area contributed by atoms with Crippen molar-refractivity contribution in [3.63, 3.8) is 0 Å². The molecule has 1 atom stereocenters. The highest BCUT2D eigenvalue weighted by molar-refractivity contribution is 5.97. The van der Waals surface area contributed by atoms with Gasteiger partial charge in [0.15, 0.2) is 0 Å². The SMILES string of the molecule is Cc1ccc(C(=O)NC(C(=O)N2CCC(C(=O)Nc3ccccn3)CC2)C(C)C)cc1. The lowest BCUT2D eigenvalue weighted by Gasteiger charge is -2.35. The van der Waals surface area contributed by atoms with Crippen LogP contribution in [0.4, 0.5) is 5.82 Å². The highest BCUT2D eigenvalue weighted by Crippen LogP contribution is 2.21. The fourth-order valence-electron chi connectivity index (χ4n) is 3.67. The number of benzene rings is 1. The van der Waals surface area contributed by atoms with Gasteiger partial charge < -0.3 is 15.5 Å². The number of aromatic nitrogens is 1. The molecule has 7 heteroatoms. The number of rotatable bonds is 6. The van der Waals surface area contributed by atoms with Crippen LogP contribution in [0.2, 0.25) is 0 Å². The van der Waals surface area contributed by atoms with Gasteiger partial charge in [0.05, 0.1) is 0 Å². The zero-order valence-electron chi connectivity index (χ0n) is 18.3. The van der Waals surface area contributed by atoms with E-state index in [9.17, 15) is 14.4 Å². The van der Waals surface area contributed by atoms with Crippen molar-refractivity contribution in [1.29, 1.82) is 0 Å². The van der Waals surface area contributed by atoms with Gasteiger partial charge >= 0.3 is 0 Å². The summed E-state index contributed by atoms with van der Waals surface area (Å²) in [6.07, 6.45) is 2.80. The number of piperidine rings is 1. The van der Waals surface area contributed by atoms with Gasteiger partial charge in [-0.3, -0.25) is 14.4 Å². The molecule has 164 valence electrons. The van der Waals surface area contributed by atoms with Gasteiger partial charge in [-0.25, -0.2) is 4.98 Å². The van der Waals surface area contributed by atoms with Crippen LogP contribution in [-0.2, 0) is 9.59 Å². The van der Waals surface area contributed by atoms with Gasteiger partial charge in [-0.15, -0.1) is 0 Å². The average Bonchev–Trinajstić information content (AvgIpc) is 2.78. The van der Waals surface area contributed by atoms with Crippen molar-refractivity contribution in [2.45, 2.75) is 39.7 Å². The zero-order chi connectivity index (χ0) is 22.4. The molecule has 1 aromatic heterocycles. The first-order chi connectivity index (χ1) is 14.8. The monoisotopic (exact) mass is 422 g/mol. The molecule has 3 rings (SSSR count). The number of likely N-dealkylation sites (tertiary alicyclic amines) is 1. The Kier molecular flexibility index (Phi) is 7.39. The lowest BCUT2D eigenvalue weighted by molar-refractivity contribution is -0.137. The van der Waals surface area contributed by atoms with Crippen molar-refractivity contribution >= 4 is 23.5 Å². The van der Waals surface area contributed by atoms with Crippen LogP contribution in [0.5, 0.6) is 0 Å². The van der Waals surface area contributed by atoms with E-state index < -0.39 is 6.04 Å². The maximum atomic E-state index is 13.1. The molecule has 1 aliphatic heterocycles. The summed E-state index contributed by atoms with van der Waals surface area (Å²) in [5.74, 6) is -0.0999. The third-order valence-electron chi connectivity index (χ3n) is 5.63. The maximum Gasteiger partial charge on any atom is 0.251 e. The Morgan fingerprint density at radius 1 is 1.03 bits per heavy atom. The first kappa shape index (κ1) is 22.5. The Labute approximate surface area is 183 Å². The number of hydrogen-bond donors (Lipinski definition) is 2. The van der Waals surface area contributed by atoms with Crippen LogP contribution in [0.3, 0.4) is 0 Å². The highest BCUT2D eigenvalue weighted by Gasteiger charge is 2.33. The number of amides is 3. The summed E-state index contributed by atoms with van der Waals surface area (Å²) in [7, 11) is 0. The number of carbonyl (C=O) groups is 3. The molecule has 0 spiro atoms. The number of anilines is 1. The quantitative estimate of drug-likeness (QED) is 0.749. The minimum atomic E-state index is -0.604. The summed E-state index contributed by atoms with van der Waals surface area (Å²) in [6.45, 7) is 6.78. The molecule has 0 saturated carbocycles. The van der Waals surface area contributed by atoms with E-state index in [0.717, 1.165) is 5.56 Å². The molecule has 0 radical (unpaired) electrons. The second-order valence-electron chi connectivity index (χ2n) is 8.36. The molecular formula is C24H30N4O3. The molecule has 0 bridgehead atoms. The molecule has 31 heavy (non-hydrogen) atoms. The van der Waals surface area contributed by atoms with Gasteiger partial charge in [0.1, 0.15) is 11.9 Å². The van der Waals surface area contributed by atoms with Gasteiger partial charge in [0, 0.05) is 30.8 Å². The Bertz CT molecular complexity index is 904. The lowest BCUT2D eigenvalue weighted by atomic mass is 9.94. The Hall–Kier alpha value is -3.22. The second-order valence-corrected chi connectivity index (χ2v) is 8.36. The minimum Gasteiger partial charge on any atom is -0.341 e. The summed E-state index contributed by atoms with van der Waals surface area (Å²) in [5, 5.41) is 5.73. The number of nitrogens with one attached hydrogen (secondary N) is 2. The first-order valence-corrected chi connectivity index (χ1v) is 10.7. The van der Waals surface area contributed by atoms with Gasteiger partial charge in [-0.1, -0.05) is 37.6 Å². The molecule has 1 aliphatic rings. The molecule has 2 heterocycles. The van der Waals surface area contributed by atoms with E-state index >= 15 is 0 Å². The predicted molar refractivity (Wildman–Crippen MR) is 119 cm³/mol. The van der Waals surface area contributed by atoms with Crippen LogP contribution in [0.15, 0.2) is 48.7 Å². The van der Waals surface area contributed by atoms with Gasteiger partial charge in [-0.2, -0.15) is 0 Å². The molecule has 2 aromatic rings. The molecule has 0 aliphatic carbocycles. The van der Waals surface area contributed by atoms with E-state index in [0.29, 0.717) is 37.3 Å². The average molecular weight is 423 g/mol. The smallest absolute Gasteiger partial charge is 0.251 e. The normalized spacial score (nSPS) is 15.4. The van der Waals surface area contributed by atoms with Gasteiger partial charge in [0.25, 0.3) is 5.91 Å². The Balaban J connectivity index is 1.56. The van der Waals surface area contributed by atoms with E-state index in [2.05, 4.69) is 15.6 Å². The van der Waals surface area contributed by atoms with Crippen molar-refractivity contribution in [2.24, 2.45) is 11.8 Å². The number of aryl methyl sites for hydroxylation is 1. The fourth-order valence-corrected chi connectivity index (χ4v) is 3.67. The Morgan fingerprint density at radius 3 is 2.29 bits per heavy atom. The standard InChI is InChI=1S/C24H30N4O3/c1-16(2)21(27-23(30)18-9-7-17(3)8-10-18)24(31)28-14-11-19(12-15-28)22(29)26-20-6-4-5-13-25-20/h4-10,13,16,19,21H,11-12,14-15H2,1-3H3,(H,27,30)(H,25,26,29). The van der Waals surface area contributed by atoms with Crippen molar-refractivity contribution in [3.8, 4) is 0 Å². The number of hydrogen-bond acceptors (Lipinski definition) is 4. The summed E-state index contributed by atoms with van der Waals surface area (Å²) in [6, 6.07) is 12.0. The van der Waals surface area contributed by atoms with E-state index in [1.165, 1.54) is 0 Å². The second kappa shape index (κ2) is 10.2. The minimum absolute atomic E-state index is 0.0490. The number of pyridine rings is 1. The summed E-state index contributed by atoms with van der Waals surface area (Å²) >= 11 is 0. The van der Waals surface area contributed by atoms with Crippen molar-refractivity contribution in [2.75, 3.05) is 18.4 Å². The predicted octanol–water partition coefficient (Wildman–Crippen LogP) is 3.02. The van der Waals surface area contributed by atoms with E-state index in [-0.39, 0.29) is 29.6 Å². The van der Waals surface area contributed by atoms with E-state index in [1.807, 2.05) is 39.0 Å². The van der Waals surface area contributed by atoms with Crippen LogP contribution in [-0.4, -0.2) is 46.7 Å². The molecule has 1 unspecified atom stereocenters. The van der Waals surface area contributed by atoms with Crippen LogP contribution < -0.4 is 10.6 Å². The molecule has 1 aromatic carbocycles. The summed E-state index contributed by atoms with van der Waals surface area (Å²) in [4.78, 5) is 44.1. The zero-order valence-corrected chi connectivity index (χ0v) is 18.3. The summed E-state index contributed by atoms with van der Waals surface area (Å²) in [5.41, 5.74) is 1.61. The first-order valence-electron chi connectivity index (χ1n) is 10.7. The molecule has 1 fully saturated rings. The van der Waals surface area contributed by atoms with Crippen LogP contribution >= 0.6 is 0 Å². The van der Waals surface area contributed by atoms with Gasteiger partial charge in [-0.05, 0) is 49.9 Å². The lowest BCUT2D eigenvalue weighted by Crippen LogP contribution is -2.53. The maximum absolute atomic E-state index is 13.1. The molecule has 3 amide bonds. The van der Waals surface area contributed by atoms with Crippen molar-refractivity contribution in [1.82, 2.24) is 15.2 Å². The van der Waals surface area contributed by atoms with E-state index in [1.54, 1.807) is 35.4 Å². The van der Waals surface area contributed by atoms with Crippen LogP contribution in [0, 0.1) is 18.8 Å². The van der Waals surface area contributed by atoms with E-state index in [4.69, 9.17) is 0 Å². The number of carbonyl (C=O) groups excluding carboxylic acids is 3. The third kappa shape index (κ3) is 5.90. The fraction of sp³-hybridized carbons (Fsp3) is 0.417. The van der Waals surface area contributed by atoms with Crippen LogP contribution in [0.25, 0.3) is 0 Å². The molecule has 1 saturated heterocycles. The number of nitrogens with zero attached hydrogens (tertiary/aromatic N) is 2. The van der Waals surface area contributed by atoms with Crippen molar-refractivity contribution < 1.29 is 14.4 Å². The van der Waals surface area contributed by atoms with Crippen LogP contribution in [0.1, 0.15) is 42.6 Å². The highest BCUT2D eigenvalue weighted by atomic mass is 16.2. The Morgan fingerprint density at radius 2 is 1.71 bits per heavy atom. The summed E-state index contributed by atoms with van der Waals surface area (Å²) < 4.78 is 0. The third-order valence-corrected chi connectivity index (χ3v) is 5.63. The van der Waals surface area contributed by atoms with Crippen molar-refractivity contribution in [3.05, 3.63) is 59.8 Å². The topological polar surface area (TPSA) is 91.4 Å². The molecular weight excluding hydrogens is 392 g/mol. The largest absolute Gasteiger partial charge is 0.341 e. The van der Waals surface area contributed by atoms with Gasteiger partial charge in [0.2, 0.25) is 11.8 Å². The molecule has 2 N–H and O–H groups in total. The molecule has 7 nitrogen and oxygen atoms in total.